The summed E-state index contributed by atoms with van der Waals surface area (Å²) >= 11 is 0. The molecule has 1 heterocycles. The summed E-state index contributed by atoms with van der Waals surface area (Å²) in [6, 6.07) is 12.1. The first-order valence-electron chi connectivity index (χ1n) is 6.55. The summed E-state index contributed by atoms with van der Waals surface area (Å²) in [4.78, 5) is 20.4. The summed E-state index contributed by atoms with van der Waals surface area (Å²) < 4.78 is 10.3. The fourth-order valence-electron chi connectivity index (χ4n) is 2.03. The summed E-state index contributed by atoms with van der Waals surface area (Å²) in [7, 11) is 1.53. The van der Waals surface area contributed by atoms with Crippen LogP contribution in [0.1, 0.15) is 10.4 Å². The maximum absolute atomic E-state index is 12.0. The average Bonchev–Trinajstić information content (AvgIpc) is 2.56. The Morgan fingerprint density at radius 2 is 1.91 bits per heavy atom. The standard InChI is InChI=1S/C16H13N3O3/c1-21-12-8-7-11-15(14(12)17)18-9-13(19-11)22-16(20)10-5-3-2-4-6-10/h2-9H,17H2,1H3. The average molecular weight is 295 g/mol. The van der Waals surface area contributed by atoms with Crippen LogP contribution in [-0.2, 0) is 0 Å². The van der Waals surface area contributed by atoms with Gasteiger partial charge in [-0.3, -0.25) is 0 Å². The molecule has 3 aromatic rings. The van der Waals surface area contributed by atoms with Crippen molar-refractivity contribution in [2.75, 3.05) is 12.8 Å². The predicted octanol–water partition coefficient (Wildman–Crippen LogP) is 2.44. The summed E-state index contributed by atoms with van der Waals surface area (Å²) in [5.74, 6) is 0.150. The smallest absolute Gasteiger partial charge is 0.344 e. The number of ether oxygens (including phenoxy) is 2. The van der Waals surface area contributed by atoms with Gasteiger partial charge in [0.2, 0.25) is 5.88 Å². The molecule has 1 aromatic heterocycles. The number of nitrogen functional groups attached to an aromatic ring is 1. The van der Waals surface area contributed by atoms with Crippen molar-refractivity contribution in [3.8, 4) is 11.6 Å². The first-order chi connectivity index (χ1) is 10.7. The number of hydrogen-bond acceptors (Lipinski definition) is 6. The first kappa shape index (κ1) is 13.8. The number of fused-ring (bicyclic) bond motifs is 1. The molecule has 0 radical (unpaired) electrons. The maximum atomic E-state index is 12.0. The van der Waals surface area contributed by atoms with Gasteiger partial charge in [0.25, 0.3) is 0 Å². The van der Waals surface area contributed by atoms with E-state index in [0.29, 0.717) is 28.0 Å². The molecule has 6 nitrogen and oxygen atoms in total. The molecule has 0 atom stereocenters. The molecule has 110 valence electrons. The topological polar surface area (TPSA) is 87.3 Å². The van der Waals surface area contributed by atoms with Gasteiger partial charge in [-0.25, -0.2) is 14.8 Å². The lowest BCUT2D eigenvalue weighted by molar-refractivity contribution is 0.0727. The molecular weight excluding hydrogens is 282 g/mol. The van der Waals surface area contributed by atoms with E-state index in [-0.39, 0.29) is 5.88 Å². The van der Waals surface area contributed by atoms with E-state index < -0.39 is 5.97 Å². The highest BCUT2D eigenvalue weighted by Gasteiger charge is 2.12. The molecule has 2 N–H and O–H groups in total. The van der Waals surface area contributed by atoms with Gasteiger partial charge in [0.05, 0.1) is 24.4 Å². The Morgan fingerprint density at radius 1 is 1.14 bits per heavy atom. The molecule has 2 aromatic carbocycles. The van der Waals surface area contributed by atoms with Gasteiger partial charge in [-0.15, -0.1) is 0 Å². The number of nitrogens with two attached hydrogens (primary N) is 1. The van der Waals surface area contributed by atoms with E-state index in [1.807, 2.05) is 6.07 Å². The van der Waals surface area contributed by atoms with Crippen LogP contribution >= 0.6 is 0 Å². The highest BCUT2D eigenvalue weighted by molar-refractivity contribution is 5.92. The molecule has 6 heteroatoms. The van der Waals surface area contributed by atoms with Crippen LogP contribution in [0.15, 0.2) is 48.7 Å². The van der Waals surface area contributed by atoms with Gasteiger partial charge in [0.1, 0.15) is 17.0 Å². The minimum Gasteiger partial charge on any atom is -0.495 e. The summed E-state index contributed by atoms with van der Waals surface area (Å²) in [6.07, 6.45) is 1.36. The van der Waals surface area contributed by atoms with Crippen LogP contribution in [0.4, 0.5) is 5.69 Å². The Kier molecular flexibility index (Phi) is 3.57. The largest absolute Gasteiger partial charge is 0.495 e. The minimum atomic E-state index is -0.490. The van der Waals surface area contributed by atoms with Crippen molar-refractivity contribution in [1.82, 2.24) is 9.97 Å². The molecule has 3 rings (SSSR count). The Hall–Kier alpha value is -3.15. The molecule has 0 aliphatic rings. The van der Waals surface area contributed by atoms with Gasteiger partial charge in [-0.1, -0.05) is 18.2 Å². The molecule has 0 bridgehead atoms. The quantitative estimate of drug-likeness (QED) is 0.590. The van der Waals surface area contributed by atoms with E-state index in [1.54, 1.807) is 36.4 Å². The van der Waals surface area contributed by atoms with Crippen LogP contribution in [0.5, 0.6) is 11.6 Å². The second-order valence-corrected chi connectivity index (χ2v) is 4.51. The van der Waals surface area contributed by atoms with Crippen molar-refractivity contribution in [1.29, 1.82) is 0 Å². The van der Waals surface area contributed by atoms with Gasteiger partial charge < -0.3 is 15.2 Å². The molecule has 0 saturated carbocycles. The fourth-order valence-corrected chi connectivity index (χ4v) is 2.03. The van der Waals surface area contributed by atoms with E-state index in [1.165, 1.54) is 13.3 Å². The van der Waals surface area contributed by atoms with Crippen LogP contribution in [0.3, 0.4) is 0 Å². The molecule has 0 amide bonds. The normalized spacial score (nSPS) is 10.4. The van der Waals surface area contributed by atoms with Crippen LogP contribution in [0.25, 0.3) is 11.0 Å². The monoisotopic (exact) mass is 295 g/mol. The number of aromatic nitrogens is 2. The zero-order chi connectivity index (χ0) is 15.5. The number of carbonyl (C=O) groups is 1. The molecule has 0 unspecified atom stereocenters. The molecule has 0 fully saturated rings. The van der Waals surface area contributed by atoms with Crippen molar-refractivity contribution in [3.05, 3.63) is 54.2 Å². The zero-order valence-electron chi connectivity index (χ0n) is 11.8. The number of nitrogens with zero attached hydrogens (tertiary/aromatic N) is 2. The van der Waals surface area contributed by atoms with Crippen molar-refractivity contribution in [3.63, 3.8) is 0 Å². The SMILES string of the molecule is COc1ccc2nc(OC(=O)c3ccccc3)cnc2c1N. The number of carbonyl (C=O) groups excluding carboxylic acids is 1. The van der Waals surface area contributed by atoms with Crippen molar-refractivity contribution in [2.24, 2.45) is 0 Å². The Morgan fingerprint density at radius 3 is 2.64 bits per heavy atom. The number of methoxy groups -OCH3 is 1. The molecule has 0 saturated heterocycles. The highest BCUT2D eigenvalue weighted by Crippen LogP contribution is 2.28. The van der Waals surface area contributed by atoms with Crippen LogP contribution in [-0.4, -0.2) is 23.0 Å². The second-order valence-electron chi connectivity index (χ2n) is 4.51. The fraction of sp³-hybridized carbons (Fsp3) is 0.0625. The first-order valence-corrected chi connectivity index (χ1v) is 6.55. The number of esters is 1. The summed E-state index contributed by atoms with van der Waals surface area (Å²) in [5.41, 5.74) is 7.80. The minimum absolute atomic E-state index is 0.117. The summed E-state index contributed by atoms with van der Waals surface area (Å²) in [5, 5.41) is 0. The zero-order valence-corrected chi connectivity index (χ0v) is 11.8. The van der Waals surface area contributed by atoms with Crippen molar-refractivity contribution < 1.29 is 14.3 Å². The molecule has 22 heavy (non-hydrogen) atoms. The highest BCUT2D eigenvalue weighted by atomic mass is 16.5. The molecule has 0 spiro atoms. The van der Waals surface area contributed by atoms with Gasteiger partial charge in [-0.05, 0) is 24.3 Å². The number of hydrogen-bond donors (Lipinski definition) is 1. The number of anilines is 1. The van der Waals surface area contributed by atoms with E-state index in [9.17, 15) is 4.79 Å². The summed E-state index contributed by atoms with van der Waals surface area (Å²) in [6.45, 7) is 0. The van der Waals surface area contributed by atoms with E-state index in [0.717, 1.165) is 0 Å². The van der Waals surface area contributed by atoms with Crippen LogP contribution < -0.4 is 15.2 Å². The Bertz CT molecular complexity index is 835. The maximum Gasteiger partial charge on any atom is 0.344 e. The Labute approximate surface area is 126 Å². The Balaban J connectivity index is 1.91. The predicted molar refractivity (Wildman–Crippen MR) is 81.9 cm³/mol. The second kappa shape index (κ2) is 5.69. The van der Waals surface area contributed by atoms with Gasteiger partial charge in [-0.2, -0.15) is 0 Å². The lowest BCUT2D eigenvalue weighted by Crippen LogP contribution is -2.09. The third kappa shape index (κ3) is 2.54. The molecule has 0 aliphatic carbocycles. The van der Waals surface area contributed by atoms with E-state index in [2.05, 4.69) is 9.97 Å². The molecule has 0 aliphatic heterocycles. The van der Waals surface area contributed by atoms with Crippen LogP contribution in [0.2, 0.25) is 0 Å². The third-order valence-corrected chi connectivity index (χ3v) is 3.12. The number of rotatable bonds is 3. The molecular formula is C16H13N3O3. The van der Waals surface area contributed by atoms with Gasteiger partial charge in [0.15, 0.2) is 0 Å². The van der Waals surface area contributed by atoms with Crippen molar-refractivity contribution in [2.45, 2.75) is 0 Å². The van der Waals surface area contributed by atoms with Crippen molar-refractivity contribution >= 4 is 22.7 Å². The lowest BCUT2D eigenvalue weighted by atomic mass is 10.2. The van der Waals surface area contributed by atoms with E-state index >= 15 is 0 Å². The van der Waals surface area contributed by atoms with Gasteiger partial charge >= 0.3 is 5.97 Å². The van der Waals surface area contributed by atoms with Crippen LogP contribution in [0, 0.1) is 0 Å². The third-order valence-electron chi connectivity index (χ3n) is 3.12. The van der Waals surface area contributed by atoms with E-state index in [4.69, 9.17) is 15.2 Å². The lowest BCUT2D eigenvalue weighted by Gasteiger charge is -2.08. The van der Waals surface area contributed by atoms with Gasteiger partial charge in [0, 0.05) is 0 Å². The number of benzene rings is 2.